The van der Waals surface area contributed by atoms with E-state index in [-0.39, 0.29) is 11.8 Å². The Morgan fingerprint density at radius 1 is 1.06 bits per heavy atom. The van der Waals surface area contributed by atoms with Crippen LogP contribution in [0.25, 0.3) is 0 Å². The molecule has 0 rings (SSSR count). The predicted octanol–water partition coefficient (Wildman–Crippen LogP) is 0.668. The summed E-state index contributed by atoms with van der Waals surface area (Å²) >= 11 is 0. The maximum atomic E-state index is 10.9. The van der Waals surface area contributed by atoms with E-state index in [0.29, 0.717) is 0 Å². The first-order chi connectivity index (χ1) is 7.79. The molecule has 0 aliphatic carbocycles. The molecule has 0 spiro atoms. The summed E-state index contributed by atoms with van der Waals surface area (Å²) < 4.78 is 47.2. The Bertz CT molecular complexity index is 419. The van der Waals surface area contributed by atoms with Gasteiger partial charge in [0.05, 0.1) is 10.5 Å². The summed E-state index contributed by atoms with van der Waals surface area (Å²) in [5.74, 6) is 0.158. The summed E-state index contributed by atoms with van der Waals surface area (Å²) in [4.78, 5) is 0. The van der Waals surface area contributed by atoms with Crippen LogP contribution in [0.1, 0.15) is 41.5 Å². The van der Waals surface area contributed by atoms with Gasteiger partial charge >= 0.3 is 0 Å². The molecule has 0 bridgehead atoms. The van der Waals surface area contributed by atoms with Crippen LogP contribution >= 0.6 is 0 Å². The normalized spacial score (nSPS) is 13.1. The average Bonchev–Trinajstić information content (AvgIpc) is 2.15. The zero-order valence-electron chi connectivity index (χ0n) is 12.2. The number of rotatable bonds is 4. The van der Waals surface area contributed by atoms with E-state index in [1.54, 1.807) is 41.5 Å². The van der Waals surface area contributed by atoms with Gasteiger partial charge in [-0.05, 0) is 48.6 Å². The van der Waals surface area contributed by atoms with Crippen molar-refractivity contribution in [3.63, 3.8) is 0 Å². The molecule has 0 aliphatic rings. The summed E-state index contributed by atoms with van der Waals surface area (Å²) in [6.07, 6.45) is 0. The van der Waals surface area contributed by atoms with Crippen LogP contribution in [0.5, 0.6) is 0 Å². The smallest absolute Gasteiger partial charge is 0.216 e. The first-order valence-corrected chi connectivity index (χ1v) is 8.85. The van der Waals surface area contributed by atoms with E-state index in [2.05, 4.69) is 9.44 Å². The van der Waals surface area contributed by atoms with Crippen LogP contribution in [0.2, 0.25) is 0 Å². The molecule has 8 heteroatoms. The third-order valence-electron chi connectivity index (χ3n) is 1.87. The van der Waals surface area contributed by atoms with Gasteiger partial charge in [0.2, 0.25) is 20.0 Å². The SMILES string of the molecule is CCS(=O)(=O)NC(C)C.CNS(=O)(=O)C(C)(C)C. The van der Waals surface area contributed by atoms with Gasteiger partial charge in [-0.25, -0.2) is 26.3 Å². The summed E-state index contributed by atoms with van der Waals surface area (Å²) in [6.45, 7) is 10.2. The fourth-order valence-corrected chi connectivity index (χ4v) is 2.25. The molecule has 0 fully saturated rings. The molecule has 0 atom stereocenters. The minimum absolute atomic E-state index is 0.00921. The third kappa shape index (κ3) is 8.84. The molecule has 0 saturated heterocycles. The molecular weight excluding hydrogens is 276 g/mol. The van der Waals surface area contributed by atoms with Crippen LogP contribution in [0.3, 0.4) is 0 Å². The highest BCUT2D eigenvalue weighted by Gasteiger charge is 2.26. The van der Waals surface area contributed by atoms with Gasteiger partial charge in [0.15, 0.2) is 0 Å². The van der Waals surface area contributed by atoms with Crippen molar-refractivity contribution in [2.75, 3.05) is 12.8 Å². The van der Waals surface area contributed by atoms with Gasteiger partial charge < -0.3 is 0 Å². The molecule has 0 amide bonds. The van der Waals surface area contributed by atoms with Crippen molar-refractivity contribution < 1.29 is 16.8 Å². The molecule has 0 aliphatic heterocycles. The van der Waals surface area contributed by atoms with Gasteiger partial charge in [0, 0.05) is 6.04 Å². The summed E-state index contributed by atoms with van der Waals surface area (Å²) in [6, 6.07) is 0.00921. The van der Waals surface area contributed by atoms with E-state index in [1.165, 1.54) is 7.05 Å². The van der Waals surface area contributed by atoms with Crippen LogP contribution < -0.4 is 9.44 Å². The third-order valence-corrected chi connectivity index (χ3v) is 5.61. The van der Waals surface area contributed by atoms with Crippen LogP contribution in [0.15, 0.2) is 0 Å². The minimum Gasteiger partial charge on any atom is -0.218 e. The largest absolute Gasteiger partial charge is 0.218 e. The predicted molar refractivity (Wildman–Crippen MR) is 75.5 cm³/mol. The second kappa shape index (κ2) is 7.42. The average molecular weight is 302 g/mol. The zero-order chi connectivity index (χ0) is 15.2. The van der Waals surface area contributed by atoms with Crippen LogP contribution in [-0.2, 0) is 20.0 Å². The quantitative estimate of drug-likeness (QED) is 0.798. The number of sulfonamides is 2. The maximum absolute atomic E-state index is 10.9. The monoisotopic (exact) mass is 302 g/mol. The fraction of sp³-hybridized carbons (Fsp3) is 1.00. The molecule has 0 heterocycles. The van der Waals surface area contributed by atoms with Gasteiger partial charge in [-0.2, -0.15) is 0 Å². The highest BCUT2D eigenvalue weighted by atomic mass is 32.2. The van der Waals surface area contributed by atoms with E-state index in [0.717, 1.165) is 0 Å². The van der Waals surface area contributed by atoms with Crippen molar-refractivity contribution in [3.8, 4) is 0 Å². The molecule has 112 valence electrons. The van der Waals surface area contributed by atoms with Crippen LogP contribution in [0, 0.1) is 0 Å². The molecular formula is C10H26N2O4S2. The van der Waals surface area contributed by atoms with Crippen molar-refractivity contribution >= 4 is 20.0 Å². The lowest BCUT2D eigenvalue weighted by atomic mass is 10.3. The maximum Gasteiger partial charge on any atom is 0.216 e. The first-order valence-electron chi connectivity index (χ1n) is 5.72. The Hall–Kier alpha value is -0.180. The van der Waals surface area contributed by atoms with Gasteiger partial charge in [0.1, 0.15) is 0 Å². The summed E-state index contributed by atoms with van der Waals surface area (Å²) in [5.41, 5.74) is 0. The second-order valence-electron chi connectivity index (χ2n) is 5.00. The van der Waals surface area contributed by atoms with Gasteiger partial charge in [-0.3, -0.25) is 0 Å². The molecule has 0 aromatic heterocycles. The van der Waals surface area contributed by atoms with Crippen molar-refractivity contribution in [1.29, 1.82) is 0 Å². The van der Waals surface area contributed by atoms with E-state index in [1.807, 2.05) is 0 Å². The Morgan fingerprint density at radius 3 is 1.50 bits per heavy atom. The van der Waals surface area contributed by atoms with Gasteiger partial charge in [-0.1, -0.05) is 0 Å². The van der Waals surface area contributed by atoms with Crippen molar-refractivity contribution in [3.05, 3.63) is 0 Å². The zero-order valence-corrected chi connectivity index (χ0v) is 13.9. The molecule has 0 radical (unpaired) electrons. The Morgan fingerprint density at radius 2 is 1.44 bits per heavy atom. The van der Waals surface area contributed by atoms with E-state index in [9.17, 15) is 16.8 Å². The number of hydrogen-bond acceptors (Lipinski definition) is 4. The highest BCUT2D eigenvalue weighted by Crippen LogP contribution is 2.11. The Labute approximate surface area is 112 Å². The molecule has 6 nitrogen and oxygen atoms in total. The van der Waals surface area contributed by atoms with Gasteiger partial charge in [0.25, 0.3) is 0 Å². The lowest BCUT2D eigenvalue weighted by molar-refractivity contribution is 0.551. The van der Waals surface area contributed by atoms with Crippen LogP contribution in [0.4, 0.5) is 0 Å². The van der Waals surface area contributed by atoms with E-state index >= 15 is 0 Å². The lowest BCUT2D eigenvalue weighted by Crippen LogP contribution is -2.37. The lowest BCUT2D eigenvalue weighted by Gasteiger charge is -2.17. The van der Waals surface area contributed by atoms with Crippen molar-refractivity contribution in [2.45, 2.75) is 52.3 Å². The highest BCUT2D eigenvalue weighted by molar-refractivity contribution is 7.90. The minimum atomic E-state index is -3.09. The number of nitrogens with one attached hydrogen (secondary N) is 2. The van der Waals surface area contributed by atoms with Crippen molar-refractivity contribution in [2.24, 2.45) is 0 Å². The molecule has 0 aromatic rings. The molecule has 0 aromatic carbocycles. The van der Waals surface area contributed by atoms with Crippen molar-refractivity contribution in [1.82, 2.24) is 9.44 Å². The van der Waals surface area contributed by atoms with Gasteiger partial charge in [-0.15, -0.1) is 0 Å². The Kier molecular flexibility index (Phi) is 8.30. The first kappa shape index (κ1) is 20.1. The topological polar surface area (TPSA) is 92.3 Å². The van der Waals surface area contributed by atoms with Crippen LogP contribution in [-0.4, -0.2) is 40.4 Å². The summed E-state index contributed by atoms with van der Waals surface area (Å²) in [5, 5.41) is 0. The molecule has 2 N–H and O–H groups in total. The molecule has 18 heavy (non-hydrogen) atoms. The fourth-order valence-electron chi connectivity index (χ4n) is 0.749. The van der Waals surface area contributed by atoms with E-state index in [4.69, 9.17) is 0 Å². The molecule has 0 saturated carbocycles. The molecule has 0 unspecified atom stereocenters. The number of hydrogen-bond donors (Lipinski definition) is 2. The van der Waals surface area contributed by atoms with E-state index < -0.39 is 24.8 Å². The summed E-state index contributed by atoms with van der Waals surface area (Å²) in [7, 11) is -4.64. The standard InChI is InChI=1S/2C5H13NO2S/c1-5(2,3)9(7,8)6-4;1-4-9(7,8)6-5(2)3/h6H,1-4H3;5-6H,4H2,1-3H3. The second-order valence-corrected chi connectivity index (χ2v) is 9.68. The Balaban J connectivity index is 0.